The topological polar surface area (TPSA) is 72.2 Å². The Morgan fingerprint density at radius 1 is 1.29 bits per heavy atom. The van der Waals surface area contributed by atoms with Gasteiger partial charge in [0.25, 0.3) is 0 Å². The Balaban J connectivity index is 2.00. The summed E-state index contributed by atoms with van der Waals surface area (Å²) in [5.41, 5.74) is 6.62. The van der Waals surface area contributed by atoms with Gasteiger partial charge < -0.3 is 11.1 Å². The zero-order valence-electron chi connectivity index (χ0n) is 9.77. The van der Waals surface area contributed by atoms with Gasteiger partial charge in [-0.2, -0.15) is 0 Å². The highest BCUT2D eigenvalue weighted by Crippen LogP contribution is 2.29. The van der Waals surface area contributed by atoms with Crippen LogP contribution in [0.2, 0.25) is 0 Å². The van der Waals surface area contributed by atoms with E-state index in [2.05, 4.69) is 5.32 Å². The third-order valence-corrected chi connectivity index (χ3v) is 3.00. The first kappa shape index (κ1) is 11.6. The molecular weight excluding hydrogens is 216 g/mol. The van der Waals surface area contributed by atoms with Gasteiger partial charge in [0.05, 0.1) is 6.04 Å². The molecule has 0 radical (unpaired) electrons. The molecule has 1 aromatic rings. The number of nitrogens with one attached hydrogen (secondary N) is 1. The van der Waals surface area contributed by atoms with E-state index >= 15 is 0 Å². The first-order valence-electron chi connectivity index (χ1n) is 5.78. The smallest absolute Gasteiger partial charge is 0.248 e. The fraction of sp³-hybridized carbons (Fsp3) is 0.385. The van der Waals surface area contributed by atoms with E-state index in [4.69, 9.17) is 5.73 Å². The van der Waals surface area contributed by atoms with E-state index in [0.29, 0.717) is 5.56 Å². The zero-order chi connectivity index (χ0) is 12.4. The molecule has 4 heteroatoms. The summed E-state index contributed by atoms with van der Waals surface area (Å²) >= 11 is 0. The van der Waals surface area contributed by atoms with Crippen molar-refractivity contribution in [1.29, 1.82) is 0 Å². The van der Waals surface area contributed by atoms with Gasteiger partial charge in [-0.25, -0.2) is 0 Å². The molecule has 90 valence electrons. The lowest BCUT2D eigenvalue weighted by Crippen LogP contribution is -2.27. The van der Waals surface area contributed by atoms with Crippen molar-refractivity contribution in [2.24, 2.45) is 11.7 Å². The molecule has 1 fully saturated rings. The third kappa shape index (κ3) is 2.84. The van der Waals surface area contributed by atoms with Gasteiger partial charge in [0.15, 0.2) is 0 Å². The van der Waals surface area contributed by atoms with Crippen molar-refractivity contribution >= 4 is 11.8 Å². The molecule has 0 spiro atoms. The van der Waals surface area contributed by atoms with Crippen LogP contribution in [0.25, 0.3) is 0 Å². The van der Waals surface area contributed by atoms with Gasteiger partial charge >= 0.3 is 0 Å². The molecule has 4 nitrogen and oxygen atoms in total. The summed E-state index contributed by atoms with van der Waals surface area (Å²) in [6.07, 6.45) is 2.00. The maximum Gasteiger partial charge on any atom is 0.248 e. The Bertz CT molecular complexity index is 435. The zero-order valence-corrected chi connectivity index (χ0v) is 9.77. The molecule has 0 aliphatic heterocycles. The van der Waals surface area contributed by atoms with Crippen molar-refractivity contribution in [3.8, 4) is 0 Å². The summed E-state index contributed by atoms with van der Waals surface area (Å²) in [5, 5.41) is 2.95. The van der Waals surface area contributed by atoms with E-state index in [1.807, 2.05) is 19.1 Å². The summed E-state index contributed by atoms with van der Waals surface area (Å²) in [5.74, 6) is -0.106. The summed E-state index contributed by atoms with van der Waals surface area (Å²) in [7, 11) is 0. The molecule has 0 heterocycles. The predicted molar refractivity (Wildman–Crippen MR) is 64.2 cm³/mol. The Kier molecular flexibility index (Phi) is 3.13. The van der Waals surface area contributed by atoms with Crippen molar-refractivity contribution < 1.29 is 9.59 Å². The molecule has 1 aliphatic rings. The summed E-state index contributed by atoms with van der Waals surface area (Å²) in [6.45, 7) is 1.93. The van der Waals surface area contributed by atoms with Gasteiger partial charge in [-0.15, -0.1) is 0 Å². The van der Waals surface area contributed by atoms with Crippen molar-refractivity contribution in [1.82, 2.24) is 5.32 Å². The largest absolute Gasteiger partial charge is 0.366 e. The van der Waals surface area contributed by atoms with Gasteiger partial charge in [-0.3, -0.25) is 9.59 Å². The van der Waals surface area contributed by atoms with Gasteiger partial charge in [0.1, 0.15) is 0 Å². The number of hydrogen-bond acceptors (Lipinski definition) is 2. The second-order valence-corrected chi connectivity index (χ2v) is 4.49. The number of hydrogen-bond donors (Lipinski definition) is 2. The lowest BCUT2D eigenvalue weighted by molar-refractivity contribution is -0.122. The van der Waals surface area contributed by atoms with Crippen LogP contribution in [0.15, 0.2) is 24.3 Å². The van der Waals surface area contributed by atoms with Crippen LogP contribution in [-0.2, 0) is 4.79 Å². The summed E-state index contributed by atoms with van der Waals surface area (Å²) < 4.78 is 0. The van der Waals surface area contributed by atoms with Crippen LogP contribution in [0.4, 0.5) is 0 Å². The quantitative estimate of drug-likeness (QED) is 0.823. The second kappa shape index (κ2) is 4.57. The number of nitrogens with two attached hydrogens (primary N) is 1. The third-order valence-electron chi connectivity index (χ3n) is 3.00. The van der Waals surface area contributed by atoms with Gasteiger partial charge in [-0.1, -0.05) is 12.1 Å². The molecule has 3 N–H and O–H groups in total. The van der Waals surface area contributed by atoms with Crippen LogP contribution in [0.5, 0.6) is 0 Å². The fourth-order valence-electron chi connectivity index (χ4n) is 1.70. The minimum atomic E-state index is -0.439. The number of rotatable bonds is 4. The van der Waals surface area contributed by atoms with Crippen molar-refractivity contribution in [2.75, 3.05) is 0 Å². The van der Waals surface area contributed by atoms with Crippen molar-refractivity contribution in [2.45, 2.75) is 25.8 Å². The molecule has 1 saturated carbocycles. The van der Waals surface area contributed by atoms with Crippen LogP contribution in [0.1, 0.15) is 41.7 Å². The number of carbonyl (C=O) groups is 2. The normalized spacial score (nSPS) is 16.3. The van der Waals surface area contributed by atoms with E-state index in [1.54, 1.807) is 12.1 Å². The van der Waals surface area contributed by atoms with E-state index in [-0.39, 0.29) is 17.9 Å². The maximum absolute atomic E-state index is 11.6. The van der Waals surface area contributed by atoms with Gasteiger partial charge in [0.2, 0.25) is 11.8 Å². The molecule has 2 amide bonds. The monoisotopic (exact) mass is 232 g/mol. The molecule has 0 saturated heterocycles. The Morgan fingerprint density at radius 2 is 1.88 bits per heavy atom. The van der Waals surface area contributed by atoms with Crippen LogP contribution in [-0.4, -0.2) is 11.8 Å². The van der Waals surface area contributed by atoms with Crippen molar-refractivity contribution in [3.05, 3.63) is 35.4 Å². The van der Waals surface area contributed by atoms with Crippen LogP contribution in [0, 0.1) is 5.92 Å². The predicted octanol–water partition coefficient (Wildman–Crippen LogP) is 1.37. The molecule has 1 atom stereocenters. The molecular formula is C13H16N2O2. The van der Waals surface area contributed by atoms with E-state index in [1.165, 1.54) is 0 Å². The highest BCUT2D eigenvalue weighted by Gasteiger charge is 2.30. The highest BCUT2D eigenvalue weighted by atomic mass is 16.2. The molecule has 17 heavy (non-hydrogen) atoms. The Labute approximate surface area is 100 Å². The minimum Gasteiger partial charge on any atom is -0.366 e. The van der Waals surface area contributed by atoms with Gasteiger partial charge in [-0.05, 0) is 37.5 Å². The summed E-state index contributed by atoms with van der Waals surface area (Å²) in [4.78, 5) is 22.5. The standard InChI is InChI=1S/C13H16N2O2/c1-8(15-13(17)11-6-7-11)9-2-4-10(5-3-9)12(14)16/h2-5,8,11H,6-7H2,1H3,(H2,14,16)(H,15,17). The molecule has 0 aromatic heterocycles. The van der Waals surface area contributed by atoms with E-state index in [0.717, 1.165) is 18.4 Å². The Hall–Kier alpha value is -1.84. The van der Waals surface area contributed by atoms with Gasteiger partial charge in [0, 0.05) is 11.5 Å². The molecule has 1 unspecified atom stereocenters. The Morgan fingerprint density at radius 3 is 2.35 bits per heavy atom. The average Bonchev–Trinajstić information content (AvgIpc) is 3.12. The number of primary amides is 1. The molecule has 2 rings (SSSR count). The van der Waals surface area contributed by atoms with E-state index in [9.17, 15) is 9.59 Å². The van der Waals surface area contributed by atoms with Crippen LogP contribution >= 0.6 is 0 Å². The highest BCUT2D eigenvalue weighted by molar-refractivity contribution is 5.92. The molecule has 1 aliphatic carbocycles. The number of carbonyl (C=O) groups excluding carboxylic acids is 2. The number of benzene rings is 1. The first-order chi connectivity index (χ1) is 8.08. The summed E-state index contributed by atoms with van der Waals surface area (Å²) in [6, 6.07) is 6.95. The molecule has 1 aromatic carbocycles. The van der Waals surface area contributed by atoms with Crippen LogP contribution < -0.4 is 11.1 Å². The lowest BCUT2D eigenvalue weighted by Gasteiger charge is -2.14. The second-order valence-electron chi connectivity index (χ2n) is 4.49. The maximum atomic E-state index is 11.6. The van der Waals surface area contributed by atoms with Crippen LogP contribution in [0.3, 0.4) is 0 Å². The first-order valence-corrected chi connectivity index (χ1v) is 5.78. The molecule has 0 bridgehead atoms. The average molecular weight is 232 g/mol. The SMILES string of the molecule is CC(NC(=O)C1CC1)c1ccc(C(N)=O)cc1. The fourth-order valence-corrected chi connectivity index (χ4v) is 1.70. The lowest BCUT2D eigenvalue weighted by atomic mass is 10.1. The van der Waals surface area contributed by atoms with Crippen molar-refractivity contribution in [3.63, 3.8) is 0 Å². The minimum absolute atomic E-state index is 0.0370. The van der Waals surface area contributed by atoms with E-state index < -0.39 is 5.91 Å². The number of amides is 2.